The molecule has 1 aromatic carbocycles. The molecule has 2 aliphatic heterocycles. The van der Waals surface area contributed by atoms with Crippen molar-refractivity contribution in [2.45, 2.75) is 29.7 Å². The SMILES string of the molecule is COc1c(F)cccc1Nc1c2[nH]c3c1C(=O)N[C@@H](C3)[I-]N(C)CCCCCOc1cnccc1-2. The summed E-state index contributed by atoms with van der Waals surface area (Å²) < 4.78 is 28.4. The minimum atomic E-state index is -0.483. The Labute approximate surface area is 214 Å². The third kappa shape index (κ3) is 4.94. The van der Waals surface area contributed by atoms with E-state index in [4.69, 9.17) is 9.47 Å². The Morgan fingerprint density at radius 1 is 1.29 bits per heavy atom. The molecule has 0 saturated carbocycles. The zero-order valence-electron chi connectivity index (χ0n) is 19.7. The van der Waals surface area contributed by atoms with Crippen molar-refractivity contribution in [1.29, 1.82) is 0 Å². The van der Waals surface area contributed by atoms with Gasteiger partial charge in [-0.05, 0) is 0 Å². The van der Waals surface area contributed by atoms with E-state index in [1.807, 2.05) is 6.07 Å². The van der Waals surface area contributed by atoms with Crippen molar-refractivity contribution >= 4 is 17.3 Å². The van der Waals surface area contributed by atoms with E-state index in [9.17, 15) is 9.18 Å². The molecule has 10 heteroatoms. The summed E-state index contributed by atoms with van der Waals surface area (Å²) in [6.45, 7) is 1.59. The molecule has 35 heavy (non-hydrogen) atoms. The Kier molecular flexibility index (Phi) is 7.09. The van der Waals surface area contributed by atoms with Crippen LogP contribution in [0.25, 0.3) is 11.3 Å². The molecule has 1 amide bonds. The molecule has 8 nitrogen and oxygen atoms in total. The van der Waals surface area contributed by atoms with Gasteiger partial charge in [-0.1, -0.05) is 0 Å². The molecule has 0 radical (unpaired) electrons. The van der Waals surface area contributed by atoms with E-state index >= 15 is 0 Å². The van der Waals surface area contributed by atoms with Gasteiger partial charge in [0.2, 0.25) is 0 Å². The van der Waals surface area contributed by atoms with Crippen LogP contribution in [-0.4, -0.2) is 50.3 Å². The molecule has 0 spiro atoms. The zero-order chi connectivity index (χ0) is 24.4. The number of para-hydroxylation sites is 1. The van der Waals surface area contributed by atoms with Crippen LogP contribution in [0, 0.1) is 5.82 Å². The molecule has 0 aliphatic carbocycles. The third-order valence-corrected chi connectivity index (χ3v) is 8.97. The first kappa shape index (κ1) is 23.9. The van der Waals surface area contributed by atoms with E-state index in [2.05, 4.69) is 30.8 Å². The fourth-order valence-electron chi connectivity index (χ4n) is 4.48. The first-order chi connectivity index (χ1) is 17.0. The topological polar surface area (TPSA) is 91.5 Å². The zero-order valence-corrected chi connectivity index (χ0v) is 21.8. The first-order valence-electron chi connectivity index (χ1n) is 11.6. The van der Waals surface area contributed by atoms with Crippen molar-refractivity contribution in [1.82, 2.24) is 18.4 Å². The molecule has 0 saturated heterocycles. The number of carbonyl (C=O) groups excluding carboxylic acids is 1. The summed E-state index contributed by atoms with van der Waals surface area (Å²) in [6, 6.07) is 6.54. The van der Waals surface area contributed by atoms with Crippen LogP contribution in [0.2, 0.25) is 0 Å². The van der Waals surface area contributed by atoms with Crippen molar-refractivity contribution < 1.29 is 40.1 Å². The first-order valence-corrected chi connectivity index (χ1v) is 13.8. The summed E-state index contributed by atoms with van der Waals surface area (Å²) in [5, 5.41) is 6.51. The number of carbonyl (C=O) groups is 1. The number of pyridine rings is 1. The summed E-state index contributed by atoms with van der Waals surface area (Å²) in [6.07, 6.45) is 7.22. The number of amides is 1. The number of aromatic nitrogens is 2. The number of hydrogen-bond donors (Lipinski definition) is 3. The predicted molar refractivity (Wildman–Crippen MR) is 127 cm³/mol. The van der Waals surface area contributed by atoms with Crippen molar-refractivity contribution in [3.8, 4) is 22.8 Å². The summed E-state index contributed by atoms with van der Waals surface area (Å²) in [5.41, 5.74) is 3.88. The van der Waals surface area contributed by atoms with Crippen LogP contribution in [0.5, 0.6) is 11.5 Å². The number of nitrogens with zero attached hydrogens (tertiary/aromatic N) is 2. The fraction of sp³-hybridized carbons (Fsp3) is 0.360. The molecular formula is C25H28FIN5O3-. The number of anilines is 2. The number of benzene rings is 1. The minimum absolute atomic E-state index is 0.0864. The Morgan fingerprint density at radius 3 is 3.03 bits per heavy atom. The molecule has 186 valence electrons. The number of fused-ring (bicyclic) bond motifs is 4. The van der Waals surface area contributed by atoms with Gasteiger partial charge in [-0.15, -0.1) is 0 Å². The average Bonchev–Trinajstić information content (AvgIpc) is 3.19. The van der Waals surface area contributed by atoms with E-state index in [1.54, 1.807) is 24.5 Å². The second-order valence-corrected chi connectivity index (χ2v) is 12.2. The second kappa shape index (κ2) is 10.4. The molecule has 5 rings (SSSR count). The van der Waals surface area contributed by atoms with Gasteiger partial charge in [0.25, 0.3) is 0 Å². The number of rotatable bonds is 3. The van der Waals surface area contributed by atoms with Gasteiger partial charge in [0.1, 0.15) is 0 Å². The maximum absolute atomic E-state index is 14.5. The number of alkyl halides is 1. The summed E-state index contributed by atoms with van der Waals surface area (Å²) >= 11 is -0.389. The quantitative estimate of drug-likeness (QED) is 0.183. The summed E-state index contributed by atoms with van der Waals surface area (Å²) in [4.78, 5) is 21.2. The van der Waals surface area contributed by atoms with Crippen LogP contribution in [0.4, 0.5) is 15.8 Å². The van der Waals surface area contributed by atoms with Gasteiger partial charge in [0.05, 0.1) is 0 Å². The van der Waals surface area contributed by atoms with E-state index in [1.165, 1.54) is 13.2 Å². The molecule has 1 atom stereocenters. The summed E-state index contributed by atoms with van der Waals surface area (Å²) in [5.74, 6) is 0.0940. The van der Waals surface area contributed by atoms with Crippen LogP contribution in [0.1, 0.15) is 35.3 Å². The number of ether oxygens (including phenoxy) is 2. The van der Waals surface area contributed by atoms with Crippen molar-refractivity contribution in [2.24, 2.45) is 0 Å². The van der Waals surface area contributed by atoms with Gasteiger partial charge >= 0.3 is 215 Å². The normalized spacial score (nSPS) is 18.8. The van der Waals surface area contributed by atoms with Crippen LogP contribution in [0.3, 0.4) is 0 Å². The Morgan fingerprint density at radius 2 is 2.17 bits per heavy atom. The van der Waals surface area contributed by atoms with Gasteiger partial charge < -0.3 is 0 Å². The Hall–Kier alpha value is -2.86. The monoisotopic (exact) mass is 592 g/mol. The molecule has 0 fully saturated rings. The second-order valence-electron chi connectivity index (χ2n) is 8.53. The van der Waals surface area contributed by atoms with Crippen LogP contribution in [0.15, 0.2) is 36.7 Å². The van der Waals surface area contributed by atoms with Crippen LogP contribution >= 0.6 is 0 Å². The van der Waals surface area contributed by atoms with Crippen molar-refractivity contribution in [2.75, 3.05) is 32.6 Å². The van der Waals surface area contributed by atoms with Gasteiger partial charge in [-0.25, -0.2) is 0 Å². The van der Waals surface area contributed by atoms with E-state index in [0.717, 1.165) is 37.1 Å². The molecular weight excluding hydrogens is 564 g/mol. The molecule has 3 bridgehead atoms. The molecule has 3 aromatic rings. The van der Waals surface area contributed by atoms with E-state index in [-0.39, 0.29) is 37.2 Å². The van der Waals surface area contributed by atoms with Gasteiger partial charge in [-0.2, -0.15) is 0 Å². The molecule has 0 unspecified atom stereocenters. The van der Waals surface area contributed by atoms with Crippen LogP contribution in [-0.2, 0) is 6.42 Å². The number of nitrogens with one attached hydrogen (secondary N) is 3. The predicted octanol–water partition coefficient (Wildman–Crippen LogP) is 1.08. The summed E-state index contributed by atoms with van der Waals surface area (Å²) in [7, 11) is 3.56. The molecule has 4 heterocycles. The van der Waals surface area contributed by atoms with Crippen molar-refractivity contribution in [3.63, 3.8) is 0 Å². The molecule has 2 aromatic heterocycles. The van der Waals surface area contributed by atoms with Gasteiger partial charge in [-0.3, -0.25) is 0 Å². The van der Waals surface area contributed by atoms with E-state index in [0.29, 0.717) is 41.4 Å². The number of methoxy groups -OCH3 is 1. The number of aromatic amines is 1. The average molecular weight is 592 g/mol. The molecule has 2 aliphatic rings. The maximum atomic E-state index is 14.5. The van der Waals surface area contributed by atoms with Gasteiger partial charge in [0.15, 0.2) is 0 Å². The standard InChI is InChI=1S/C25H28FIN5O3/c1-32-11-4-3-5-12-35-19-14-28-10-9-15(19)22-23(29-17-8-6-7-16(26)24(17)34-2)21-18(30-22)13-20(27-32)31-25(21)33/h6-10,14,20,29-30H,3-5,11-13H2,1-2H3,(H,31,33)/q-1/t20-/m0/s1. The molecule has 3 N–H and O–H groups in total. The van der Waals surface area contributed by atoms with Crippen molar-refractivity contribution in [3.05, 3.63) is 53.7 Å². The van der Waals surface area contributed by atoms with Gasteiger partial charge in [0, 0.05) is 0 Å². The third-order valence-electron chi connectivity index (χ3n) is 6.11. The number of hydrogen-bond acceptors (Lipinski definition) is 6. The fourth-order valence-corrected chi connectivity index (χ4v) is 7.30. The number of halogens is 2. The van der Waals surface area contributed by atoms with E-state index < -0.39 is 5.82 Å². The van der Waals surface area contributed by atoms with Crippen LogP contribution < -0.4 is 41.6 Å². The Bertz CT molecular complexity index is 1230. The number of H-pyrrole nitrogens is 1. The Balaban J connectivity index is 1.65.